The first kappa shape index (κ1) is 15.9. The summed E-state index contributed by atoms with van der Waals surface area (Å²) in [5.41, 5.74) is 2.93. The van der Waals surface area contributed by atoms with Gasteiger partial charge in [-0.1, -0.05) is 42.0 Å². The fraction of sp³-hybridized carbons (Fsp3) is 0.235. The first-order valence-corrected chi connectivity index (χ1v) is 6.89. The zero-order valence-corrected chi connectivity index (χ0v) is 12.2. The lowest BCUT2D eigenvalue weighted by molar-refractivity contribution is -0.120. The van der Waals surface area contributed by atoms with Crippen molar-refractivity contribution in [3.63, 3.8) is 0 Å². The topological polar surface area (TPSA) is 38.3 Å². The van der Waals surface area contributed by atoms with Crippen molar-refractivity contribution in [2.45, 2.75) is 26.5 Å². The molecule has 0 aliphatic rings. The van der Waals surface area contributed by atoms with Gasteiger partial charge >= 0.3 is 6.61 Å². The van der Waals surface area contributed by atoms with E-state index in [0.717, 1.165) is 11.1 Å². The molecule has 0 saturated carbocycles. The molecule has 0 aliphatic carbocycles. The molecule has 2 rings (SSSR count). The number of aryl methyl sites for hydroxylation is 1. The van der Waals surface area contributed by atoms with E-state index in [9.17, 15) is 13.6 Å². The summed E-state index contributed by atoms with van der Waals surface area (Å²) in [5, 5.41) is 2.82. The van der Waals surface area contributed by atoms with Crippen LogP contribution in [0.15, 0.2) is 48.5 Å². The Morgan fingerprint density at radius 2 is 1.64 bits per heavy atom. The number of carbonyl (C=O) groups excluding carboxylic acids is 1. The second-order valence-electron chi connectivity index (χ2n) is 4.96. The van der Waals surface area contributed by atoms with E-state index in [1.165, 1.54) is 17.7 Å². The average Bonchev–Trinajstić information content (AvgIpc) is 2.48. The predicted molar refractivity (Wildman–Crippen MR) is 79.8 cm³/mol. The highest BCUT2D eigenvalue weighted by atomic mass is 19.3. The van der Waals surface area contributed by atoms with E-state index >= 15 is 0 Å². The van der Waals surface area contributed by atoms with Gasteiger partial charge in [0.2, 0.25) is 5.91 Å². The van der Waals surface area contributed by atoms with Crippen LogP contribution in [-0.2, 0) is 17.8 Å². The summed E-state index contributed by atoms with van der Waals surface area (Å²) in [6.45, 7) is -0.376. The molecule has 1 N–H and O–H groups in total. The molecule has 22 heavy (non-hydrogen) atoms. The second kappa shape index (κ2) is 7.54. The minimum absolute atomic E-state index is 0.0822. The maximum Gasteiger partial charge on any atom is 0.387 e. The maximum atomic E-state index is 12.0. The number of benzene rings is 2. The second-order valence-corrected chi connectivity index (χ2v) is 4.96. The van der Waals surface area contributed by atoms with Crippen molar-refractivity contribution in [2.75, 3.05) is 0 Å². The van der Waals surface area contributed by atoms with Crippen molar-refractivity contribution in [3.8, 4) is 5.75 Å². The molecule has 116 valence electrons. The lowest BCUT2D eigenvalue weighted by atomic mass is 10.1. The lowest BCUT2D eigenvalue weighted by Gasteiger charge is -2.07. The van der Waals surface area contributed by atoms with Crippen molar-refractivity contribution < 1.29 is 18.3 Å². The van der Waals surface area contributed by atoms with E-state index in [1.54, 1.807) is 12.1 Å². The van der Waals surface area contributed by atoms with Crippen LogP contribution in [-0.4, -0.2) is 12.5 Å². The van der Waals surface area contributed by atoms with Crippen LogP contribution in [0.4, 0.5) is 8.78 Å². The monoisotopic (exact) mass is 305 g/mol. The van der Waals surface area contributed by atoms with Gasteiger partial charge in [-0.25, -0.2) is 0 Å². The molecule has 5 heteroatoms. The molecule has 0 heterocycles. The number of hydrogen-bond acceptors (Lipinski definition) is 2. The van der Waals surface area contributed by atoms with Crippen LogP contribution >= 0.6 is 0 Å². The molecule has 0 aromatic heterocycles. The van der Waals surface area contributed by atoms with Crippen molar-refractivity contribution >= 4 is 5.91 Å². The van der Waals surface area contributed by atoms with Crippen molar-refractivity contribution in [2.24, 2.45) is 0 Å². The lowest BCUT2D eigenvalue weighted by Crippen LogP contribution is -2.24. The highest BCUT2D eigenvalue weighted by molar-refractivity contribution is 5.78. The molecule has 2 aromatic rings. The summed E-state index contributed by atoms with van der Waals surface area (Å²) >= 11 is 0. The van der Waals surface area contributed by atoms with Crippen LogP contribution in [0.3, 0.4) is 0 Å². The van der Waals surface area contributed by atoms with Gasteiger partial charge in [0, 0.05) is 6.54 Å². The standard InChI is InChI=1S/C17H17F2NO2/c1-12-2-4-14(5-3-12)11-20-16(21)10-13-6-8-15(9-7-13)22-17(18)19/h2-9,17H,10-11H2,1H3,(H,20,21). The van der Waals surface area contributed by atoms with Gasteiger partial charge < -0.3 is 10.1 Å². The Morgan fingerprint density at radius 1 is 1.05 bits per heavy atom. The quantitative estimate of drug-likeness (QED) is 0.887. The van der Waals surface area contributed by atoms with Crippen molar-refractivity contribution in [1.29, 1.82) is 0 Å². The first-order valence-electron chi connectivity index (χ1n) is 6.89. The van der Waals surface area contributed by atoms with Gasteiger partial charge in [0.1, 0.15) is 5.75 Å². The normalized spacial score (nSPS) is 10.5. The van der Waals surface area contributed by atoms with E-state index < -0.39 is 6.61 Å². The van der Waals surface area contributed by atoms with E-state index in [2.05, 4.69) is 10.1 Å². The van der Waals surface area contributed by atoms with Gasteiger partial charge in [-0.05, 0) is 30.2 Å². The SMILES string of the molecule is Cc1ccc(CNC(=O)Cc2ccc(OC(F)F)cc2)cc1. The smallest absolute Gasteiger partial charge is 0.387 e. The summed E-state index contributed by atoms with van der Waals surface area (Å²) in [7, 11) is 0. The van der Waals surface area contributed by atoms with Crippen LogP contribution in [0.25, 0.3) is 0 Å². The molecule has 0 saturated heterocycles. The number of alkyl halides is 2. The van der Waals surface area contributed by atoms with Gasteiger partial charge in [0.05, 0.1) is 6.42 Å². The van der Waals surface area contributed by atoms with E-state index in [-0.39, 0.29) is 18.1 Å². The number of ether oxygens (including phenoxy) is 1. The third kappa shape index (κ3) is 5.16. The Bertz CT molecular complexity index is 610. The summed E-state index contributed by atoms with van der Waals surface area (Å²) in [6, 6.07) is 14.0. The molecule has 0 bridgehead atoms. The highest BCUT2D eigenvalue weighted by Gasteiger charge is 2.06. The number of hydrogen-bond donors (Lipinski definition) is 1. The van der Waals surface area contributed by atoms with Gasteiger partial charge in [0.15, 0.2) is 0 Å². The number of amides is 1. The third-order valence-corrected chi connectivity index (χ3v) is 3.12. The first-order chi connectivity index (χ1) is 10.5. The Balaban J connectivity index is 1.82. The molecular weight excluding hydrogens is 288 g/mol. The van der Waals surface area contributed by atoms with Crippen LogP contribution in [0.5, 0.6) is 5.75 Å². The molecule has 0 atom stereocenters. The third-order valence-electron chi connectivity index (χ3n) is 3.12. The van der Waals surface area contributed by atoms with Crippen molar-refractivity contribution in [3.05, 3.63) is 65.2 Å². The molecule has 0 radical (unpaired) electrons. The van der Waals surface area contributed by atoms with Gasteiger partial charge in [0.25, 0.3) is 0 Å². The molecule has 1 amide bonds. The van der Waals surface area contributed by atoms with Crippen molar-refractivity contribution in [1.82, 2.24) is 5.32 Å². The minimum atomic E-state index is -2.84. The van der Waals surface area contributed by atoms with Gasteiger partial charge in [-0.3, -0.25) is 4.79 Å². The minimum Gasteiger partial charge on any atom is -0.435 e. The molecule has 0 fully saturated rings. The Kier molecular flexibility index (Phi) is 5.47. The molecule has 2 aromatic carbocycles. The molecule has 0 unspecified atom stereocenters. The van der Waals surface area contributed by atoms with Gasteiger partial charge in [-0.2, -0.15) is 8.78 Å². The number of halogens is 2. The Morgan fingerprint density at radius 3 is 2.23 bits per heavy atom. The summed E-state index contributed by atoms with van der Waals surface area (Å²) in [6.07, 6.45) is 0.195. The molecule has 0 spiro atoms. The van der Waals surface area contributed by atoms with E-state index in [4.69, 9.17) is 0 Å². The van der Waals surface area contributed by atoms with Crippen LogP contribution in [0.2, 0.25) is 0 Å². The number of rotatable bonds is 6. The van der Waals surface area contributed by atoms with E-state index in [0.29, 0.717) is 6.54 Å². The van der Waals surface area contributed by atoms with Crippen LogP contribution in [0.1, 0.15) is 16.7 Å². The maximum absolute atomic E-state index is 12.0. The van der Waals surface area contributed by atoms with E-state index in [1.807, 2.05) is 31.2 Å². The zero-order chi connectivity index (χ0) is 15.9. The Hall–Kier alpha value is -2.43. The molecule has 3 nitrogen and oxygen atoms in total. The molecule has 0 aliphatic heterocycles. The fourth-order valence-corrected chi connectivity index (χ4v) is 1.94. The Labute approximate surface area is 127 Å². The fourth-order valence-electron chi connectivity index (χ4n) is 1.94. The summed E-state index contributed by atoms with van der Waals surface area (Å²) in [5.74, 6) is -0.0399. The average molecular weight is 305 g/mol. The molecular formula is C17H17F2NO2. The number of carbonyl (C=O) groups is 1. The van der Waals surface area contributed by atoms with Crippen LogP contribution < -0.4 is 10.1 Å². The van der Waals surface area contributed by atoms with Gasteiger partial charge in [-0.15, -0.1) is 0 Å². The highest BCUT2D eigenvalue weighted by Crippen LogP contribution is 2.15. The predicted octanol–water partition coefficient (Wildman–Crippen LogP) is 3.46. The summed E-state index contributed by atoms with van der Waals surface area (Å²) in [4.78, 5) is 11.9. The zero-order valence-electron chi connectivity index (χ0n) is 12.2. The van der Waals surface area contributed by atoms with Crippen LogP contribution in [0, 0.1) is 6.92 Å². The summed E-state index contributed by atoms with van der Waals surface area (Å²) < 4.78 is 28.3. The largest absolute Gasteiger partial charge is 0.435 e. The number of nitrogens with one attached hydrogen (secondary N) is 1.